The summed E-state index contributed by atoms with van der Waals surface area (Å²) in [6, 6.07) is 17.3. The Hall–Kier alpha value is -2.41. The van der Waals surface area contributed by atoms with Crippen molar-refractivity contribution in [3.05, 3.63) is 81.9 Å². The number of hydrogen-bond acceptors (Lipinski definition) is 1. The summed E-state index contributed by atoms with van der Waals surface area (Å²) in [5.41, 5.74) is 6.85. The summed E-state index contributed by atoms with van der Waals surface area (Å²) < 4.78 is 0. The van der Waals surface area contributed by atoms with Gasteiger partial charge in [0.05, 0.1) is 0 Å². The highest BCUT2D eigenvalue weighted by Gasteiger charge is 2.20. The van der Waals surface area contributed by atoms with Crippen LogP contribution in [-0.2, 0) is 17.6 Å². The van der Waals surface area contributed by atoms with E-state index in [-0.39, 0.29) is 5.78 Å². The van der Waals surface area contributed by atoms with Gasteiger partial charge in [-0.2, -0.15) is 0 Å². The van der Waals surface area contributed by atoms with Crippen LogP contribution in [0.15, 0.2) is 59.7 Å². The van der Waals surface area contributed by atoms with Crippen molar-refractivity contribution in [3.8, 4) is 0 Å². The molecule has 0 radical (unpaired) electrons. The third-order valence-corrected chi connectivity index (χ3v) is 5.40. The van der Waals surface area contributed by atoms with Crippen LogP contribution in [0.25, 0.3) is 12.2 Å². The van der Waals surface area contributed by atoms with Crippen molar-refractivity contribution in [2.24, 2.45) is 11.8 Å². The van der Waals surface area contributed by atoms with Gasteiger partial charge in [-0.05, 0) is 78.3 Å². The Labute approximate surface area is 176 Å². The largest absolute Gasteiger partial charge is 0.289 e. The van der Waals surface area contributed by atoms with E-state index in [1.54, 1.807) is 0 Å². The summed E-state index contributed by atoms with van der Waals surface area (Å²) >= 11 is 0. The van der Waals surface area contributed by atoms with Crippen LogP contribution in [0.2, 0.25) is 0 Å². The number of carbonyl (C=O) groups is 1. The van der Waals surface area contributed by atoms with E-state index < -0.39 is 0 Å². The Morgan fingerprint density at radius 1 is 0.690 bits per heavy atom. The van der Waals surface area contributed by atoms with Crippen LogP contribution in [0.5, 0.6) is 0 Å². The van der Waals surface area contributed by atoms with Gasteiger partial charge in [0.1, 0.15) is 0 Å². The highest BCUT2D eigenvalue weighted by molar-refractivity contribution is 6.13. The number of hydrogen-bond donors (Lipinski definition) is 0. The van der Waals surface area contributed by atoms with Gasteiger partial charge in [-0.3, -0.25) is 4.79 Å². The van der Waals surface area contributed by atoms with Crippen molar-refractivity contribution in [1.82, 2.24) is 0 Å². The third-order valence-electron chi connectivity index (χ3n) is 5.40. The number of benzene rings is 2. The van der Waals surface area contributed by atoms with Crippen LogP contribution in [0.3, 0.4) is 0 Å². The van der Waals surface area contributed by atoms with Crippen molar-refractivity contribution >= 4 is 17.9 Å². The highest BCUT2D eigenvalue weighted by Crippen LogP contribution is 2.28. The van der Waals surface area contributed by atoms with Gasteiger partial charge in [0.2, 0.25) is 0 Å². The van der Waals surface area contributed by atoms with E-state index in [9.17, 15) is 4.79 Å². The van der Waals surface area contributed by atoms with Gasteiger partial charge in [0.25, 0.3) is 0 Å². The number of carbonyl (C=O) groups excluding carboxylic acids is 1. The lowest BCUT2D eigenvalue weighted by Gasteiger charge is -2.17. The monoisotopic (exact) mass is 386 g/mol. The van der Waals surface area contributed by atoms with Gasteiger partial charge in [0.15, 0.2) is 5.78 Å². The lowest BCUT2D eigenvalue weighted by Crippen LogP contribution is -2.12. The molecule has 1 nitrogen and oxygen atoms in total. The standard InChI is InChI=1S/C28H34O/c1-20(2)16-22-8-12-24(13-9-22)18-26-6-5-7-27(28(26)29)19-25-14-10-23(11-15-25)17-21(3)4/h8-15,18-21H,5-7,16-17H2,1-4H3. The number of rotatable bonds is 6. The Kier molecular flexibility index (Phi) is 7.25. The van der Waals surface area contributed by atoms with Crippen LogP contribution in [0.4, 0.5) is 0 Å². The zero-order valence-electron chi connectivity index (χ0n) is 18.4. The molecule has 0 atom stereocenters. The maximum Gasteiger partial charge on any atom is 0.185 e. The Morgan fingerprint density at radius 3 is 1.41 bits per heavy atom. The van der Waals surface area contributed by atoms with Crippen molar-refractivity contribution in [3.63, 3.8) is 0 Å². The number of allylic oxidation sites excluding steroid dienone is 2. The average Bonchev–Trinajstić information content (AvgIpc) is 2.67. The second-order valence-electron chi connectivity index (χ2n) is 9.20. The molecule has 1 aliphatic rings. The summed E-state index contributed by atoms with van der Waals surface area (Å²) in [4.78, 5) is 13.0. The number of ketones is 1. The molecule has 3 rings (SSSR count). The molecule has 0 aliphatic heterocycles. The second kappa shape index (κ2) is 9.87. The fourth-order valence-electron chi connectivity index (χ4n) is 4.02. The molecule has 0 N–H and O–H groups in total. The molecule has 0 amide bonds. The Morgan fingerprint density at radius 2 is 1.07 bits per heavy atom. The summed E-state index contributed by atoms with van der Waals surface area (Å²) in [6.07, 6.45) is 9.15. The first-order valence-corrected chi connectivity index (χ1v) is 11.0. The minimum absolute atomic E-state index is 0.216. The summed E-state index contributed by atoms with van der Waals surface area (Å²) in [5.74, 6) is 1.53. The second-order valence-corrected chi connectivity index (χ2v) is 9.20. The highest BCUT2D eigenvalue weighted by atomic mass is 16.1. The van der Waals surface area contributed by atoms with E-state index in [0.717, 1.165) is 54.4 Å². The SMILES string of the molecule is CC(C)Cc1ccc(C=C2CCCC(=Cc3ccc(CC(C)C)cc3)C2=O)cc1. The molecule has 0 bridgehead atoms. The molecular formula is C28H34O. The van der Waals surface area contributed by atoms with Crippen LogP contribution in [0, 0.1) is 11.8 Å². The van der Waals surface area contributed by atoms with Gasteiger partial charge in [-0.15, -0.1) is 0 Å². The lowest BCUT2D eigenvalue weighted by atomic mass is 9.86. The van der Waals surface area contributed by atoms with Crippen LogP contribution < -0.4 is 0 Å². The van der Waals surface area contributed by atoms with E-state index in [2.05, 4.69) is 88.4 Å². The quantitative estimate of drug-likeness (QED) is 0.476. The molecule has 1 aliphatic carbocycles. The molecule has 1 fully saturated rings. The fourth-order valence-corrected chi connectivity index (χ4v) is 4.02. The van der Waals surface area contributed by atoms with Crippen LogP contribution in [0.1, 0.15) is 69.2 Å². The molecule has 0 saturated heterocycles. The molecule has 2 aromatic rings. The Bertz CT molecular complexity index is 803. The molecule has 152 valence electrons. The van der Waals surface area contributed by atoms with Gasteiger partial charge in [0, 0.05) is 11.1 Å². The van der Waals surface area contributed by atoms with Gasteiger partial charge >= 0.3 is 0 Å². The summed E-state index contributed by atoms with van der Waals surface area (Å²) in [6.45, 7) is 8.95. The molecule has 0 spiro atoms. The first-order valence-electron chi connectivity index (χ1n) is 11.0. The molecular weight excluding hydrogens is 352 g/mol. The predicted molar refractivity (Wildman–Crippen MR) is 125 cm³/mol. The van der Waals surface area contributed by atoms with Crippen molar-refractivity contribution in [2.45, 2.75) is 59.8 Å². The van der Waals surface area contributed by atoms with Crippen LogP contribution in [-0.4, -0.2) is 5.78 Å². The molecule has 2 aromatic carbocycles. The first-order chi connectivity index (χ1) is 13.9. The molecule has 1 saturated carbocycles. The molecule has 0 unspecified atom stereocenters. The Balaban J connectivity index is 1.74. The van der Waals surface area contributed by atoms with Crippen molar-refractivity contribution < 1.29 is 4.79 Å². The maximum atomic E-state index is 13.0. The van der Waals surface area contributed by atoms with Gasteiger partial charge < -0.3 is 0 Å². The topological polar surface area (TPSA) is 17.1 Å². The molecule has 29 heavy (non-hydrogen) atoms. The van der Waals surface area contributed by atoms with Crippen LogP contribution >= 0.6 is 0 Å². The zero-order valence-corrected chi connectivity index (χ0v) is 18.4. The predicted octanol–water partition coefficient (Wildman–Crippen LogP) is 7.30. The summed E-state index contributed by atoms with van der Waals surface area (Å²) in [7, 11) is 0. The van der Waals surface area contributed by atoms with Crippen molar-refractivity contribution in [2.75, 3.05) is 0 Å². The smallest absolute Gasteiger partial charge is 0.185 e. The zero-order chi connectivity index (χ0) is 20.8. The maximum absolute atomic E-state index is 13.0. The molecule has 0 heterocycles. The molecule has 0 aromatic heterocycles. The minimum Gasteiger partial charge on any atom is -0.289 e. The average molecular weight is 387 g/mol. The first kappa shape index (κ1) is 21.3. The van der Waals surface area contributed by atoms with E-state index in [4.69, 9.17) is 0 Å². The van der Waals surface area contributed by atoms with Gasteiger partial charge in [-0.1, -0.05) is 76.2 Å². The fraction of sp³-hybridized carbons (Fsp3) is 0.393. The third kappa shape index (κ3) is 6.29. The lowest BCUT2D eigenvalue weighted by molar-refractivity contribution is -0.112. The molecule has 1 heteroatoms. The van der Waals surface area contributed by atoms with Crippen molar-refractivity contribution in [1.29, 1.82) is 0 Å². The van der Waals surface area contributed by atoms with E-state index in [1.807, 2.05) is 0 Å². The van der Waals surface area contributed by atoms with E-state index >= 15 is 0 Å². The van der Waals surface area contributed by atoms with Gasteiger partial charge in [-0.25, -0.2) is 0 Å². The summed E-state index contributed by atoms with van der Waals surface area (Å²) in [5, 5.41) is 0. The minimum atomic E-state index is 0.216. The van der Waals surface area contributed by atoms with E-state index in [1.165, 1.54) is 11.1 Å². The normalized spacial score (nSPS) is 17.7. The number of Topliss-reactive ketones (excluding diaryl/α,β-unsaturated/α-hetero) is 1. The van der Waals surface area contributed by atoms with E-state index in [0.29, 0.717) is 11.8 Å².